The highest BCUT2D eigenvalue weighted by Crippen LogP contribution is 2.39. The Labute approximate surface area is 223 Å². The fraction of sp³-hybridized carbons (Fsp3) is 0.250. The minimum atomic E-state index is -0.947. The van der Waals surface area contributed by atoms with Gasteiger partial charge < -0.3 is 20.0 Å². The summed E-state index contributed by atoms with van der Waals surface area (Å²) in [5.74, 6) is -1.36. The van der Waals surface area contributed by atoms with Crippen LogP contribution in [0, 0.1) is 15.9 Å². The number of carbonyl (C=O) groups excluding carboxylic acids is 3. The van der Waals surface area contributed by atoms with Gasteiger partial charge in [-0.15, -0.1) is 0 Å². The standard InChI is InChI=1S/C28H26FN5O5/c29-21-9-11-22(12-10-21)30-25(35)18-32-19-33(23-6-2-1-3-7-23)28(27(32)37)13-15-31(16-14-28)26(36)20-5-4-8-24(17-20)34(38)39/h1-12,17H,13-16,18-19H2,(H,30,35). The monoisotopic (exact) mass is 531 g/mol. The van der Waals surface area contributed by atoms with Gasteiger partial charge in [-0.3, -0.25) is 24.5 Å². The van der Waals surface area contributed by atoms with E-state index < -0.39 is 22.2 Å². The summed E-state index contributed by atoms with van der Waals surface area (Å²) in [6, 6.07) is 20.4. The number of nitrogens with zero attached hydrogens (tertiary/aromatic N) is 4. The molecule has 0 bridgehead atoms. The molecule has 3 amide bonds. The van der Waals surface area contributed by atoms with Gasteiger partial charge in [-0.25, -0.2) is 4.39 Å². The topological polar surface area (TPSA) is 116 Å². The maximum atomic E-state index is 13.8. The second-order valence-corrected chi connectivity index (χ2v) is 9.59. The van der Waals surface area contributed by atoms with Gasteiger partial charge in [0.2, 0.25) is 5.91 Å². The molecule has 200 valence electrons. The van der Waals surface area contributed by atoms with Crippen LogP contribution in [0.5, 0.6) is 0 Å². The number of halogens is 1. The zero-order chi connectivity index (χ0) is 27.6. The Kier molecular flexibility index (Phi) is 6.97. The Morgan fingerprint density at radius 1 is 0.974 bits per heavy atom. The van der Waals surface area contributed by atoms with Crippen LogP contribution in [0.3, 0.4) is 0 Å². The van der Waals surface area contributed by atoms with E-state index in [0.717, 1.165) is 5.69 Å². The number of para-hydroxylation sites is 1. The number of carbonyl (C=O) groups is 3. The number of benzene rings is 3. The van der Waals surface area contributed by atoms with Gasteiger partial charge in [-0.1, -0.05) is 24.3 Å². The minimum absolute atomic E-state index is 0.162. The van der Waals surface area contributed by atoms with Crippen molar-refractivity contribution >= 4 is 34.8 Å². The molecule has 39 heavy (non-hydrogen) atoms. The van der Waals surface area contributed by atoms with E-state index in [0.29, 0.717) is 18.5 Å². The summed E-state index contributed by atoms with van der Waals surface area (Å²) in [5.41, 5.74) is 0.361. The van der Waals surface area contributed by atoms with Crippen LogP contribution in [0.1, 0.15) is 23.2 Å². The van der Waals surface area contributed by atoms with Crippen LogP contribution >= 0.6 is 0 Å². The molecule has 0 radical (unpaired) electrons. The van der Waals surface area contributed by atoms with Crippen molar-refractivity contribution in [2.75, 3.05) is 36.5 Å². The number of piperidine rings is 1. The molecule has 2 saturated heterocycles. The molecule has 1 N–H and O–H groups in total. The number of anilines is 2. The second-order valence-electron chi connectivity index (χ2n) is 9.59. The van der Waals surface area contributed by atoms with Crippen molar-refractivity contribution in [1.29, 1.82) is 0 Å². The van der Waals surface area contributed by atoms with Gasteiger partial charge in [0.15, 0.2) is 0 Å². The molecule has 2 aliphatic heterocycles. The Hall–Kier alpha value is -4.80. The number of non-ortho nitro benzene ring substituents is 1. The maximum Gasteiger partial charge on any atom is 0.270 e. The molecule has 3 aromatic rings. The zero-order valence-corrected chi connectivity index (χ0v) is 21.0. The molecule has 0 atom stereocenters. The third kappa shape index (κ3) is 5.15. The lowest BCUT2D eigenvalue weighted by Gasteiger charge is -2.43. The molecule has 0 aromatic heterocycles. The fourth-order valence-corrected chi connectivity index (χ4v) is 5.24. The predicted molar refractivity (Wildman–Crippen MR) is 141 cm³/mol. The van der Waals surface area contributed by atoms with Crippen molar-refractivity contribution in [3.63, 3.8) is 0 Å². The molecule has 1 spiro atoms. The van der Waals surface area contributed by atoms with Crippen LogP contribution in [0.2, 0.25) is 0 Å². The Balaban J connectivity index is 1.33. The van der Waals surface area contributed by atoms with E-state index in [1.807, 2.05) is 35.2 Å². The van der Waals surface area contributed by atoms with Crippen molar-refractivity contribution in [3.8, 4) is 0 Å². The van der Waals surface area contributed by atoms with Crippen LogP contribution in [-0.4, -0.2) is 64.3 Å². The number of likely N-dealkylation sites (tertiary alicyclic amines) is 1. The molecule has 10 nitrogen and oxygen atoms in total. The summed E-state index contributed by atoms with van der Waals surface area (Å²) in [4.78, 5) is 55.4. The first kappa shape index (κ1) is 25.8. The summed E-state index contributed by atoms with van der Waals surface area (Å²) < 4.78 is 13.2. The SMILES string of the molecule is O=C(CN1CN(c2ccccc2)C2(CCN(C(=O)c3cccc([N+](=O)[O-])c3)CC2)C1=O)Nc1ccc(F)cc1. The third-order valence-corrected chi connectivity index (χ3v) is 7.23. The van der Waals surface area contributed by atoms with Gasteiger partial charge in [0.25, 0.3) is 17.5 Å². The molecule has 0 unspecified atom stereocenters. The summed E-state index contributed by atoms with van der Waals surface area (Å²) >= 11 is 0. The Morgan fingerprint density at radius 3 is 2.33 bits per heavy atom. The number of hydrogen-bond acceptors (Lipinski definition) is 6. The van der Waals surface area contributed by atoms with Crippen LogP contribution in [-0.2, 0) is 9.59 Å². The van der Waals surface area contributed by atoms with Gasteiger partial charge in [0, 0.05) is 42.2 Å². The number of hydrogen-bond donors (Lipinski definition) is 1. The molecule has 0 aliphatic carbocycles. The average Bonchev–Trinajstić information content (AvgIpc) is 3.21. The van der Waals surface area contributed by atoms with Crippen molar-refractivity contribution in [1.82, 2.24) is 9.80 Å². The Morgan fingerprint density at radius 2 is 1.67 bits per heavy atom. The quantitative estimate of drug-likeness (QED) is 0.384. The highest BCUT2D eigenvalue weighted by molar-refractivity contribution is 6.00. The van der Waals surface area contributed by atoms with Crippen molar-refractivity contribution in [3.05, 3.63) is 100 Å². The predicted octanol–water partition coefficient (Wildman–Crippen LogP) is 3.65. The second kappa shape index (κ2) is 10.5. The van der Waals surface area contributed by atoms with E-state index in [9.17, 15) is 28.9 Å². The van der Waals surface area contributed by atoms with Crippen molar-refractivity contribution in [2.45, 2.75) is 18.4 Å². The van der Waals surface area contributed by atoms with E-state index in [1.165, 1.54) is 53.4 Å². The Bertz CT molecular complexity index is 1410. The van der Waals surface area contributed by atoms with Crippen LogP contribution in [0.15, 0.2) is 78.9 Å². The number of amides is 3. The lowest BCUT2D eigenvalue weighted by atomic mass is 9.85. The molecule has 2 fully saturated rings. The average molecular weight is 532 g/mol. The van der Waals surface area contributed by atoms with E-state index in [-0.39, 0.29) is 49.4 Å². The molecule has 3 aromatic carbocycles. The molecular formula is C28H26FN5O5. The van der Waals surface area contributed by atoms with Gasteiger partial charge in [0.1, 0.15) is 17.9 Å². The normalized spacial score (nSPS) is 16.4. The largest absolute Gasteiger partial charge is 0.339 e. The molecule has 2 aliphatic rings. The first-order chi connectivity index (χ1) is 18.8. The molecule has 0 saturated carbocycles. The summed E-state index contributed by atoms with van der Waals surface area (Å²) in [6.07, 6.45) is 0.662. The van der Waals surface area contributed by atoms with Crippen LogP contribution in [0.25, 0.3) is 0 Å². The maximum absolute atomic E-state index is 13.8. The van der Waals surface area contributed by atoms with Gasteiger partial charge >= 0.3 is 0 Å². The van der Waals surface area contributed by atoms with Crippen LogP contribution < -0.4 is 10.2 Å². The highest BCUT2D eigenvalue weighted by Gasteiger charge is 2.54. The first-order valence-electron chi connectivity index (χ1n) is 12.5. The number of nitrogens with one attached hydrogen (secondary N) is 1. The van der Waals surface area contributed by atoms with E-state index in [4.69, 9.17) is 0 Å². The molecule has 5 rings (SSSR count). The molecule has 2 heterocycles. The van der Waals surface area contributed by atoms with Gasteiger partial charge in [-0.2, -0.15) is 0 Å². The summed E-state index contributed by atoms with van der Waals surface area (Å²) in [7, 11) is 0. The van der Waals surface area contributed by atoms with Gasteiger partial charge in [0.05, 0.1) is 11.6 Å². The smallest absolute Gasteiger partial charge is 0.270 e. The van der Waals surface area contributed by atoms with Crippen molar-refractivity contribution in [2.24, 2.45) is 0 Å². The lowest BCUT2D eigenvalue weighted by molar-refractivity contribution is -0.384. The number of nitro benzene ring substituents is 1. The number of nitro groups is 1. The molecule has 11 heteroatoms. The molecular weight excluding hydrogens is 505 g/mol. The lowest BCUT2D eigenvalue weighted by Crippen LogP contribution is -2.57. The highest BCUT2D eigenvalue weighted by atomic mass is 19.1. The van der Waals surface area contributed by atoms with E-state index >= 15 is 0 Å². The summed E-state index contributed by atoms with van der Waals surface area (Å²) in [6.45, 7) is 0.550. The van der Waals surface area contributed by atoms with Crippen molar-refractivity contribution < 1.29 is 23.7 Å². The third-order valence-electron chi connectivity index (χ3n) is 7.23. The zero-order valence-electron chi connectivity index (χ0n) is 21.0. The van der Waals surface area contributed by atoms with Gasteiger partial charge in [-0.05, 0) is 55.3 Å². The van der Waals surface area contributed by atoms with E-state index in [2.05, 4.69) is 5.32 Å². The van der Waals surface area contributed by atoms with E-state index in [1.54, 1.807) is 4.90 Å². The fourth-order valence-electron chi connectivity index (χ4n) is 5.24. The first-order valence-corrected chi connectivity index (χ1v) is 12.5. The number of rotatable bonds is 6. The van der Waals surface area contributed by atoms with Crippen LogP contribution in [0.4, 0.5) is 21.5 Å². The minimum Gasteiger partial charge on any atom is -0.339 e. The summed E-state index contributed by atoms with van der Waals surface area (Å²) in [5, 5.41) is 13.8.